The summed E-state index contributed by atoms with van der Waals surface area (Å²) in [6.07, 6.45) is 1.53. The van der Waals surface area contributed by atoms with Crippen LogP contribution in [0.15, 0.2) is 50.4 Å². The van der Waals surface area contributed by atoms with Gasteiger partial charge >= 0.3 is 5.97 Å². The van der Waals surface area contributed by atoms with E-state index >= 15 is 0 Å². The van der Waals surface area contributed by atoms with Crippen LogP contribution < -0.4 is 11.1 Å². The third-order valence-corrected chi connectivity index (χ3v) is 2.56. The minimum absolute atomic E-state index is 0.0325. The number of aliphatic imine (C=N–C) groups is 1. The number of hydrogen-bond donors (Lipinski definition) is 2. The molecule has 0 spiro atoms. The molecule has 0 aromatic carbocycles. The molecule has 0 saturated carbocycles. The maximum Gasteiger partial charge on any atom is 0.358 e. The highest BCUT2D eigenvalue weighted by Gasteiger charge is 2.19. The first-order valence-corrected chi connectivity index (χ1v) is 6.14. The van der Waals surface area contributed by atoms with Gasteiger partial charge < -0.3 is 20.2 Å². The molecule has 0 radical (unpaired) electrons. The van der Waals surface area contributed by atoms with E-state index in [0.717, 1.165) is 0 Å². The van der Waals surface area contributed by atoms with E-state index in [0.29, 0.717) is 12.3 Å². The number of halogens is 2. The fraction of sp³-hybridized carbons (Fsp3) is 0.167. The molecule has 0 saturated heterocycles. The summed E-state index contributed by atoms with van der Waals surface area (Å²) in [7, 11) is 1.19. The molecule has 0 unspecified atom stereocenters. The molecule has 0 aliphatic carbocycles. The van der Waals surface area contributed by atoms with Crippen molar-refractivity contribution in [3.8, 4) is 0 Å². The Labute approximate surface area is 125 Å². The van der Waals surface area contributed by atoms with Crippen molar-refractivity contribution in [2.45, 2.75) is 6.54 Å². The smallest absolute Gasteiger partial charge is 0.358 e. The van der Waals surface area contributed by atoms with Gasteiger partial charge in [-0.15, -0.1) is 0 Å². The minimum Gasteiger partial charge on any atom is -0.467 e. The summed E-state index contributed by atoms with van der Waals surface area (Å²) in [6, 6.07) is 3.49. The van der Waals surface area contributed by atoms with Crippen LogP contribution in [0, 0.1) is 0 Å². The summed E-state index contributed by atoms with van der Waals surface area (Å²) in [4.78, 5) is 15.2. The molecule has 108 valence electrons. The zero-order chi connectivity index (χ0) is 15.1. The van der Waals surface area contributed by atoms with Crippen LogP contribution in [0.25, 0.3) is 0 Å². The van der Waals surface area contributed by atoms with E-state index in [2.05, 4.69) is 21.6 Å². The van der Waals surface area contributed by atoms with Gasteiger partial charge in [0.1, 0.15) is 21.8 Å². The quantitative estimate of drug-likeness (QED) is 0.476. The van der Waals surface area contributed by atoms with Crippen molar-refractivity contribution >= 4 is 34.9 Å². The Hall–Kier alpha value is -1.92. The summed E-state index contributed by atoms with van der Waals surface area (Å²) >= 11 is 11.5. The summed E-state index contributed by atoms with van der Waals surface area (Å²) in [6.45, 7) is 3.65. The lowest BCUT2D eigenvalue weighted by molar-refractivity contribution is -0.132. The Bertz CT molecular complexity index is 550. The molecule has 0 fully saturated rings. The van der Waals surface area contributed by atoms with Crippen LogP contribution >= 0.6 is 23.2 Å². The van der Waals surface area contributed by atoms with E-state index in [4.69, 9.17) is 33.4 Å². The monoisotopic (exact) mass is 317 g/mol. The minimum atomic E-state index is -0.778. The third kappa shape index (κ3) is 4.64. The third-order valence-electron chi connectivity index (χ3n) is 2.09. The Morgan fingerprint density at radius 2 is 2.30 bits per heavy atom. The van der Waals surface area contributed by atoms with E-state index in [1.807, 2.05) is 0 Å². The summed E-state index contributed by atoms with van der Waals surface area (Å²) < 4.78 is 9.66. The Morgan fingerprint density at radius 1 is 1.60 bits per heavy atom. The van der Waals surface area contributed by atoms with Crippen molar-refractivity contribution in [1.82, 2.24) is 5.32 Å². The van der Waals surface area contributed by atoms with Gasteiger partial charge in [-0.25, -0.2) is 9.79 Å². The molecular weight excluding hydrogens is 305 g/mol. The van der Waals surface area contributed by atoms with Crippen LogP contribution in [0.5, 0.6) is 0 Å². The lowest BCUT2D eigenvalue weighted by Crippen LogP contribution is -2.26. The van der Waals surface area contributed by atoms with E-state index in [-0.39, 0.29) is 21.7 Å². The summed E-state index contributed by atoms with van der Waals surface area (Å²) in [5.41, 5.74) is 5.50. The number of furan rings is 1. The van der Waals surface area contributed by atoms with Gasteiger partial charge in [-0.2, -0.15) is 0 Å². The van der Waals surface area contributed by atoms with Gasteiger partial charge in [-0.3, -0.25) is 0 Å². The molecule has 0 atom stereocenters. The second-order valence-corrected chi connectivity index (χ2v) is 4.30. The number of rotatable bonds is 6. The predicted molar refractivity (Wildman–Crippen MR) is 77.1 cm³/mol. The van der Waals surface area contributed by atoms with Gasteiger partial charge in [-0.05, 0) is 12.1 Å². The predicted octanol–water partition coefficient (Wildman–Crippen LogP) is 2.06. The van der Waals surface area contributed by atoms with E-state index in [1.54, 1.807) is 12.1 Å². The molecule has 8 heteroatoms. The van der Waals surface area contributed by atoms with Crippen LogP contribution in [0.2, 0.25) is 0 Å². The molecule has 1 rings (SSSR count). The molecule has 20 heavy (non-hydrogen) atoms. The molecule has 1 aromatic heterocycles. The topological polar surface area (TPSA) is 89.8 Å². The van der Waals surface area contributed by atoms with Crippen molar-refractivity contribution in [2.75, 3.05) is 7.11 Å². The molecule has 3 N–H and O–H groups in total. The second kappa shape index (κ2) is 7.62. The molecule has 0 aliphatic heterocycles. The standard InChI is InChI=1S/C12H13Cl2N3O3/c1-7(13)17-10(12(18)19-2)9(14)11(15)16-6-8-4-3-5-20-8/h3-5,16H,1,6,15H2,2H3/b11-9-,17-10+. The number of nitrogens with zero attached hydrogens (tertiary/aromatic N) is 1. The number of ether oxygens (including phenoxy) is 1. The van der Waals surface area contributed by atoms with Gasteiger partial charge in [0.15, 0.2) is 5.71 Å². The van der Waals surface area contributed by atoms with Crippen molar-refractivity contribution in [3.05, 3.63) is 46.7 Å². The zero-order valence-electron chi connectivity index (χ0n) is 10.7. The molecule has 1 aromatic rings. The highest BCUT2D eigenvalue weighted by atomic mass is 35.5. The second-order valence-electron chi connectivity index (χ2n) is 3.49. The number of hydrogen-bond acceptors (Lipinski definition) is 6. The van der Waals surface area contributed by atoms with Gasteiger partial charge in [0.2, 0.25) is 0 Å². The first kappa shape index (κ1) is 16.1. The molecule has 0 aliphatic rings. The zero-order valence-corrected chi connectivity index (χ0v) is 12.2. The summed E-state index contributed by atoms with van der Waals surface area (Å²) in [5.74, 6) is -0.0968. The molecule has 0 amide bonds. The van der Waals surface area contributed by atoms with Crippen molar-refractivity contribution < 1.29 is 13.9 Å². The largest absolute Gasteiger partial charge is 0.467 e. The molecule has 0 bridgehead atoms. The van der Waals surface area contributed by atoms with Crippen LogP contribution in [0.4, 0.5) is 0 Å². The first-order chi connectivity index (χ1) is 9.45. The molecule has 1 heterocycles. The fourth-order valence-electron chi connectivity index (χ4n) is 1.20. The average Bonchev–Trinajstić information content (AvgIpc) is 2.93. The number of esters is 1. The van der Waals surface area contributed by atoms with Crippen LogP contribution in [0.1, 0.15) is 5.76 Å². The lowest BCUT2D eigenvalue weighted by atomic mass is 10.3. The van der Waals surface area contributed by atoms with E-state index < -0.39 is 5.97 Å². The SMILES string of the molecule is C=C(Cl)/N=C(C(=O)OC)\C(Cl)=C(/N)NCc1ccco1. The summed E-state index contributed by atoms with van der Waals surface area (Å²) in [5, 5.41) is 2.54. The lowest BCUT2D eigenvalue weighted by Gasteiger charge is -2.09. The van der Waals surface area contributed by atoms with Crippen LogP contribution in [0.3, 0.4) is 0 Å². The average molecular weight is 318 g/mol. The maximum atomic E-state index is 11.6. The Balaban J connectivity index is 2.90. The van der Waals surface area contributed by atoms with Crippen molar-refractivity contribution in [1.29, 1.82) is 0 Å². The highest BCUT2D eigenvalue weighted by molar-refractivity contribution is 6.58. The van der Waals surface area contributed by atoms with Crippen molar-refractivity contribution in [3.63, 3.8) is 0 Å². The van der Waals surface area contributed by atoms with Gasteiger partial charge in [-0.1, -0.05) is 29.8 Å². The van der Waals surface area contributed by atoms with Gasteiger partial charge in [0.25, 0.3) is 0 Å². The van der Waals surface area contributed by atoms with Gasteiger partial charge in [0.05, 0.1) is 19.9 Å². The van der Waals surface area contributed by atoms with E-state index in [9.17, 15) is 4.79 Å². The van der Waals surface area contributed by atoms with E-state index in [1.165, 1.54) is 13.4 Å². The molecule has 6 nitrogen and oxygen atoms in total. The van der Waals surface area contributed by atoms with Gasteiger partial charge in [0, 0.05) is 0 Å². The van der Waals surface area contributed by atoms with Crippen LogP contribution in [-0.4, -0.2) is 18.8 Å². The number of carbonyl (C=O) groups is 1. The normalized spacial score (nSPS) is 12.7. The highest BCUT2D eigenvalue weighted by Crippen LogP contribution is 2.12. The van der Waals surface area contributed by atoms with Crippen LogP contribution in [-0.2, 0) is 16.1 Å². The number of nitrogens with two attached hydrogens (primary N) is 1. The Kier molecular flexibility index (Phi) is 6.14. The first-order valence-electron chi connectivity index (χ1n) is 5.39. The number of nitrogens with one attached hydrogen (secondary N) is 1. The maximum absolute atomic E-state index is 11.6. The number of methoxy groups -OCH3 is 1. The fourth-order valence-corrected chi connectivity index (χ4v) is 1.47. The van der Waals surface area contributed by atoms with Crippen molar-refractivity contribution in [2.24, 2.45) is 10.7 Å². The molecular formula is C12H13Cl2N3O3. The Morgan fingerprint density at radius 3 is 2.80 bits per heavy atom. The number of carbonyl (C=O) groups excluding carboxylic acids is 1.